The molecule has 1 aromatic rings. The van der Waals surface area contributed by atoms with Gasteiger partial charge in [0.2, 0.25) is 0 Å². The molecule has 2 rings (SSSR count). The second-order valence-electron chi connectivity index (χ2n) is 5.10. The minimum absolute atomic E-state index is 0.0154. The van der Waals surface area contributed by atoms with Crippen LogP contribution in [0, 0.1) is 5.82 Å². The lowest BCUT2D eigenvalue weighted by Gasteiger charge is -2.35. The van der Waals surface area contributed by atoms with E-state index in [0.717, 1.165) is 19.5 Å². The summed E-state index contributed by atoms with van der Waals surface area (Å²) in [4.78, 5) is 2.22. The van der Waals surface area contributed by atoms with E-state index in [0.29, 0.717) is 18.8 Å². The lowest BCUT2D eigenvalue weighted by Crippen LogP contribution is -2.48. The molecule has 2 unspecified atom stereocenters. The van der Waals surface area contributed by atoms with Crippen molar-refractivity contribution in [1.29, 1.82) is 0 Å². The molecule has 0 amide bonds. The van der Waals surface area contributed by atoms with E-state index in [1.165, 1.54) is 6.07 Å². The minimum Gasteiger partial charge on any atom is -0.395 e. The molecule has 112 valence electrons. The Balaban J connectivity index is 1.95. The van der Waals surface area contributed by atoms with Gasteiger partial charge in [0.15, 0.2) is 0 Å². The monoisotopic (exact) mass is 282 g/mol. The third kappa shape index (κ3) is 3.76. The molecule has 1 saturated heterocycles. The molecule has 5 heteroatoms. The summed E-state index contributed by atoms with van der Waals surface area (Å²) in [5, 5.41) is 12.5. The van der Waals surface area contributed by atoms with E-state index in [2.05, 4.69) is 10.2 Å². The fraction of sp³-hybridized carbons (Fsp3) is 0.600. The van der Waals surface area contributed by atoms with E-state index in [-0.39, 0.29) is 24.5 Å². The van der Waals surface area contributed by atoms with Gasteiger partial charge in [-0.15, -0.1) is 0 Å². The lowest BCUT2D eigenvalue weighted by atomic mass is 10.0. The molecule has 2 N–H and O–H groups in total. The van der Waals surface area contributed by atoms with Crippen LogP contribution >= 0.6 is 0 Å². The molecule has 4 nitrogen and oxygen atoms in total. The summed E-state index contributed by atoms with van der Waals surface area (Å²) in [5.41, 5.74) is 0.698. The van der Waals surface area contributed by atoms with Gasteiger partial charge in [-0.1, -0.05) is 18.2 Å². The van der Waals surface area contributed by atoms with Crippen molar-refractivity contribution < 1.29 is 14.2 Å². The molecule has 2 atom stereocenters. The van der Waals surface area contributed by atoms with Gasteiger partial charge < -0.3 is 15.2 Å². The second kappa shape index (κ2) is 7.69. The van der Waals surface area contributed by atoms with E-state index in [9.17, 15) is 9.50 Å². The first-order chi connectivity index (χ1) is 9.76. The van der Waals surface area contributed by atoms with Crippen LogP contribution in [0.2, 0.25) is 0 Å². The van der Waals surface area contributed by atoms with E-state index in [4.69, 9.17) is 4.74 Å². The normalized spacial score (nSPS) is 21.9. The topological polar surface area (TPSA) is 44.7 Å². The molecule has 20 heavy (non-hydrogen) atoms. The van der Waals surface area contributed by atoms with Crippen LogP contribution in [0.5, 0.6) is 0 Å². The zero-order valence-electron chi connectivity index (χ0n) is 11.9. The Kier molecular flexibility index (Phi) is 5.91. The summed E-state index contributed by atoms with van der Waals surface area (Å²) in [6.07, 6.45) is 0.800. The van der Waals surface area contributed by atoms with Gasteiger partial charge in [0.25, 0.3) is 0 Å². The van der Waals surface area contributed by atoms with Crippen molar-refractivity contribution in [3.63, 3.8) is 0 Å². The lowest BCUT2D eigenvalue weighted by molar-refractivity contribution is -0.0285. The molecule has 1 fully saturated rings. The quantitative estimate of drug-likeness (QED) is 0.822. The van der Waals surface area contributed by atoms with Gasteiger partial charge in [0.1, 0.15) is 5.82 Å². The van der Waals surface area contributed by atoms with Crippen LogP contribution in [-0.2, 0) is 4.74 Å². The van der Waals surface area contributed by atoms with E-state index >= 15 is 0 Å². The minimum atomic E-state index is -0.174. The van der Waals surface area contributed by atoms with Gasteiger partial charge >= 0.3 is 0 Å². The maximum atomic E-state index is 13.8. The smallest absolute Gasteiger partial charge is 0.127 e. The highest BCUT2D eigenvalue weighted by atomic mass is 19.1. The van der Waals surface area contributed by atoms with Crippen LogP contribution in [0.4, 0.5) is 4.39 Å². The zero-order valence-corrected chi connectivity index (χ0v) is 11.9. The molecular formula is C15H23FN2O2. The predicted molar refractivity (Wildman–Crippen MR) is 76.1 cm³/mol. The average molecular weight is 282 g/mol. The summed E-state index contributed by atoms with van der Waals surface area (Å²) in [6, 6.07) is 6.91. The Morgan fingerprint density at radius 2 is 2.30 bits per heavy atom. The molecule has 1 aliphatic heterocycles. The first-order valence-electron chi connectivity index (χ1n) is 7.10. The predicted octanol–water partition coefficient (Wildman–Crippen LogP) is 1.17. The van der Waals surface area contributed by atoms with Gasteiger partial charge in [0.05, 0.1) is 25.9 Å². The van der Waals surface area contributed by atoms with Gasteiger partial charge in [-0.3, -0.25) is 4.90 Å². The van der Waals surface area contributed by atoms with Gasteiger partial charge in [-0.2, -0.15) is 0 Å². The summed E-state index contributed by atoms with van der Waals surface area (Å²) in [6.45, 7) is 3.00. The number of nitrogens with one attached hydrogen (secondary N) is 1. The summed E-state index contributed by atoms with van der Waals surface area (Å²) >= 11 is 0. The molecule has 1 aromatic carbocycles. The van der Waals surface area contributed by atoms with Crippen molar-refractivity contribution in [3.05, 3.63) is 35.6 Å². The van der Waals surface area contributed by atoms with Gasteiger partial charge in [-0.25, -0.2) is 4.39 Å². The summed E-state index contributed by atoms with van der Waals surface area (Å²) in [7, 11) is 1.85. The Morgan fingerprint density at radius 3 is 3.00 bits per heavy atom. The molecule has 0 radical (unpaired) electrons. The maximum absolute atomic E-state index is 13.8. The van der Waals surface area contributed by atoms with Crippen molar-refractivity contribution in [2.45, 2.75) is 18.5 Å². The first-order valence-corrected chi connectivity index (χ1v) is 7.10. The van der Waals surface area contributed by atoms with Crippen LogP contribution in [0.1, 0.15) is 18.0 Å². The van der Waals surface area contributed by atoms with Crippen LogP contribution in [0.15, 0.2) is 24.3 Å². The molecule has 1 aliphatic rings. The average Bonchev–Trinajstić information content (AvgIpc) is 2.50. The molecule has 0 aliphatic carbocycles. The third-order valence-electron chi connectivity index (χ3n) is 3.89. The highest BCUT2D eigenvalue weighted by Gasteiger charge is 2.23. The fourth-order valence-corrected chi connectivity index (χ4v) is 2.66. The third-order valence-corrected chi connectivity index (χ3v) is 3.89. The Hall–Kier alpha value is -1.01. The standard InChI is InChI=1S/C15H23FN2O2/c1-17-15(13-4-2-3-5-14(13)16)6-7-18-8-9-20-11-12(18)10-19/h2-5,12,15,17,19H,6-11H2,1H3. The molecule has 0 bridgehead atoms. The van der Waals surface area contributed by atoms with Crippen LogP contribution in [0.3, 0.4) is 0 Å². The Morgan fingerprint density at radius 1 is 1.50 bits per heavy atom. The Labute approximate surface area is 119 Å². The van der Waals surface area contributed by atoms with E-state index in [1.54, 1.807) is 6.07 Å². The molecular weight excluding hydrogens is 259 g/mol. The molecule has 0 saturated carbocycles. The second-order valence-corrected chi connectivity index (χ2v) is 5.10. The number of nitrogens with zero attached hydrogens (tertiary/aromatic N) is 1. The summed E-state index contributed by atoms with van der Waals surface area (Å²) < 4.78 is 19.2. The van der Waals surface area contributed by atoms with Gasteiger partial charge in [-0.05, 0) is 19.5 Å². The highest BCUT2D eigenvalue weighted by molar-refractivity contribution is 5.21. The molecule has 0 aromatic heterocycles. The molecule has 0 spiro atoms. The Bertz CT molecular complexity index is 417. The number of aliphatic hydroxyl groups is 1. The zero-order chi connectivity index (χ0) is 14.4. The molecule has 1 heterocycles. The van der Waals surface area contributed by atoms with Crippen molar-refractivity contribution in [1.82, 2.24) is 10.2 Å². The van der Waals surface area contributed by atoms with Gasteiger partial charge in [0, 0.05) is 24.7 Å². The highest BCUT2D eigenvalue weighted by Crippen LogP contribution is 2.21. The number of ether oxygens (including phenoxy) is 1. The van der Waals surface area contributed by atoms with Crippen molar-refractivity contribution >= 4 is 0 Å². The van der Waals surface area contributed by atoms with E-state index < -0.39 is 0 Å². The van der Waals surface area contributed by atoms with Crippen molar-refractivity contribution in [3.8, 4) is 0 Å². The van der Waals surface area contributed by atoms with Crippen molar-refractivity contribution in [2.75, 3.05) is 40.0 Å². The number of aliphatic hydroxyl groups excluding tert-OH is 1. The van der Waals surface area contributed by atoms with Crippen molar-refractivity contribution in [2.24, 2.45) is 0 Å². The van der Waals surface area contributed by atoms with Crippen LogP contribution < -0.4 is 5.32 Å². The number of hydrogen-bond acceptors (Lipinski definition) is 4. The first kappa shape index (κ1) is 15.4. The number of benzene rings is 1. The van der Waals surface area contributed by atoms with Crippen LogP contribution in [0.25, 0.3) is 0 Å². The SMILES string of the molecule is CNC(CCN1CCOCC1CO)c1ccccc1F. The fourth-order valence-electron chi connectivity index (χ4n) is 2.66. The summed E-state index contributed by atoms with van der Waals surface area (Å²) in [5.74, 6) is -0.174. The number of rotatable bonds is 6. The number of halogens is 1. The maximum Gasteiger partial charge on any atom is 0.127 e. The largest absolute Gasteiger partial charge is 0.395 e. The van der Waals surface area contributed by atoms with E-state index in [1.807, 2.05) is 19.2 Å². The number of hydrogen-bond donors (Lipinski definition) is 2. The van der Waals surface area contributed by atoms with Crippen LogP contribution in [-0.4, -0.2) is 56.0 Å². The number of morpholine rings is 1.